The Morgan fingerprint density at radius 1 is 1.32 bits per heavy atom. The van der Waals surface area contributed by atoms with Crippen LogP contribution in [0.1, 0.15) is 44.0 Å². The van der Waals surface area contributed by atoms with Crippen LogP contribution in [0.4, 0.5) is 0 Å². The monoisotopic (exact) mass is 367 g/mol. The van der Waals surface area contributed by atoms with Crippen molar-refractivity contribution in [3.8, 4) is 0 Å². The molecule has 1 heterocycles. The molecule has 0 aliphatic carbocycles. The van der Waals surface area contributed by atoms with E-state index >= 15 is 0 Å². The minimum Gasteiger partial charge on any atom is -0.334 e. The number of amides is 1. The number of hydrogen-bond donors (Lipinski definition) is 2. The van der Waals surface area contributed by atoms with Crippen molar-refractivity contribution < 1.29 is 13.2 Å². The van der Waals surface area contributed by atoms with E-state index in [1.807, 2.05) is 18.7 Å². The van der Waals surface area contributed by atoms with E-state index in [0.717, 1.165) is 12.8 Å². The molecular formula is C18H29N3O3S. The van der Waals surface area contributed by atoms with Gasteiger partial charge in [0.05, 0.1) is 4.90 Å². The third kappa shape index (κ3) is 5.03. The fourth-order valence-electron chi connectivity index (χ4n) is 3.04. The zero-order chi connectivity index (χ0) is 18.6. The van der Waals surface area contributed by atoms with Crippen molar-refractivity contribution in [1.82, 2.24) is 9.62 Å². The molecule has 0 spiro atoms. The first-order valence-corrected chi connectivity index (χ1v) is 10.3. The summed E-state index contributed by atoms with van der Waals surface area (Å²) in [5.41, 5.74) is 6.33. The quantitative estimate of drug-likeness (QED) is 0.802. The molecule has 0 aromatic heterocycles. The normalized spacial score (nSPS) is 21.6. The van der Waals surface area contributed by atoms with Crippen LogP contribution < -0.4 is 10.5 Å². The van der Waals surface area contributed by atoms with Crippen molar-refractivity contribution in [2.24, 2.45) is 17.6 Å². The highest BCUT2D eigenvalue weighted by atomic mass is 32.2. The summed E-state index contributed by atoms with van der Waals surface area (Å²) in [6.45, 7) is 7.58. The molecule has 140 valence electrons. The molecule has 1 aromatic rings. The first-order valence-electron chi connectivity index (χ1n) is 8.85. The molecule has 1 aromatic carbocycles. The van der Waals surface area contributed by atoms with Crippen molar-refractivity contribution in [3.05, 3.63) is 29.8 Å². The molecule has 1 saturated heterocycles. The number of carbonyl (C=O) groups is 1. The lowest BCUT2D eigenvalue weighted by Crippen LogP contribution is -2.49. The Morgan fingerprint density at radius 3 is 2.52 bits per heavy atom. The maximum atomic E-state index is 12.8. The molecule has 6 nitrogen and oxygen atoms in total. The zero-order valence-electron chi connectivity index (χ0n) is 15.2. The van der Waals surface area contributed by atoms with E-state index in [4.69, 9.17) is 5.73 Å². The van der Waals surface area contributed by atoms with Crippen LogP contribution in [0.5, 0.6) is 0 Å². The number of rotatable bonds is 6. The SMILES string of the molecule is CC(C)CNS(=O)(=O)c1ccc(C(=O)N2CCC(C)CC2CN)cc1. The first kappa shape index (κ1) is 19.9. The predicted molar refractivity (Wildman–Crippen MR) is 98.7 cm³/mol. The van der Waals surface area contributed by atoms with Gasteiger partial charge in [-0.1, -0.05) is 20.8 Å². The van der Waals surface area contributed by atoms with Crippen LogP contribution in [-0.4, -0.2) is 44.9 Å². The maximum Gasteiger partial charge on any atom is 0.254 e. The highest BCUT2D eigenvalue weighted by Gasteiger charge is 2.29. The lowest BCUT2D eigenvalue weighted by molar-refractivity contribution is 0.0573. The number of hydrogen-bond acceptors (Lipinski definition) is 4. The van der Waals surface area contributed by atoms with E-state index in [-0.39, 0.29) is 22.8 Å². The van der Waals surface area contributed by atoms with Crippen LogP contribution in [0.3, 0.4) is 0 Å². The van der Waals surface area contributed by atoms with E-state index in [2.05, 4.69) is 11.6 Å². The van der Waals surface area contributed by atoms with Crippen LogP contribution in [0, 0.1) is 11.8 Å². The van der Waals surface area contributed by atoms with Gasteiger partial charge >= 0.3 is 0 Å². The fourth-order valence-corrected chi connectivity index (χ4v) is 4.26. The summed E-state index contributed by atoms with van der Waals surface area (Å²) in [5, 5.41) is 0. The summed E-state index contributed by atoms with van der Waals surface area (Å²) >= 11 is 0. The molecule has 1 aliphatic rings. The lowest BCUT2D eigenvalue weighted by Gasteiger charge is -2.38. The second kappa shape index (κ2) is 8.29. The van der Waals surface area contributed by atoms with Crippen molar-refractivity contribution in [1.29, 1.82) is 0 Å². The molecule has 2 unspecified atom stereocenters. The summed E-state index contributed by atoms with van der Waals surface area (Å²) in [6.07, 6.45) is 1.88. The molecule has 1 fully saturated rings. The highest BCUT2D eigenvalue weighted by Crippen LogP contribution is 2.24. The Morgan fingerprint density at radius 2 is 1.96 bits per heavy atom. The van der Waals surface area contributed by atoms with E-state index in [1.165, 1.54) is 12.1 Å². The van der Waals surface area contributed by atoms with E-state index < -0.39 is 10.0 Å². The van der Waals surface area contributed by atoms with Crippen molar-refractivity contribution in [3.63, 3.8) is 0 Å². The molecule has 25 heavy (non-hydrogen) atoms. The molecule has 0 bridgehead atoms. The Balaban J connectivity index is 2.12. The molecular weight excluding hydrogens is 338 g/mol. The second-order valence-electron chi connectivity index (χ2n) is 7.29. The summed E-state index contributed by atoms with van der Waals surface area (Å²) in [7, 11) is -3.54. The smallest absolute Gasteiger partial charge is 0.254 e. The maximum absolute atomic E-state index is 12.8. The minimum atomic E-state index is -3.54. The number of benzene rings is 1. The first-order chi connectivity index (χ1) is 11.7. The number of carbonyl (C=O) groups excluding carboxylic acids is 1. The summed E-state index contributed by atoms with van der Waals surface area (Å²) in [5.74, 6) is 0.712. The Kier molecular flexibility index (Phi) is 6.59. The van der Waals surface area contributed by atoms with E-state index in [9.17, 15) is 13.2 Å². The van der Waals surface area contributed by atoms with Crippen molar-refractivity contribution >= 4 is 15.9 Å². The summed E-state index contributed by atoms with van der Waals surface area (Å²) in [4.78, 5) is 14.8. The third-order valence-electron chi connectivity index (χ3n) is 4.60. The molecule has 1 aliphatic heterocycles. The van der Waals surface area contributed by atoms with Gasteiger partial charge in [-0.25, -0.2) is 13.1 Å². The fraction of sp³-hybridized carbons (Fsp3) is 0.611. The predicted octanol–water partition coefficient (Wildman–Crippen LogP) is 1.82. The average Bonchev–Trinajstić information content (AvgIpc) is 2.59. The number of likely N-dealkylation sites (tertiary alicyclic amines) is 1. The van der Waals surface area contributed by atoms with Crippen LogP contribution in [-0.2, 0) is 10.0 Å². The molecule has 0 saturated carbocycles. The van der Waals surface area contributed by atoms with Gasteiger partial charge in [-0.3, -0.25) is 4.79 Å². The molecule has 2 rings (SSSR count). The molecule has 7 heteroatoms. The van der Waals surface area contributed by atoms with Crippen molar-refractivity contribution in [2.45, 2.75) is 44.6 Å². The number of nitrogens with zero attached hydrogens (tertiary/aromatic N) is 1. The molecule has 3 N–H and O–H groups in total. The second-order valence-corrected chi connectivity index (χ2v) is 9.05. The van der Waals surface area contributed by atoms with Gasteiger partial charge in [0.2, 0.25) is 10.0 Å². The van der Waals surface area contributed by atoms with Gasteiger partial charge in [0.1, 0.15) is 0 Å². The minimum absolute atomic E-state index is 0.0485. The average molecular weight is 368 g/mol. The standard InChI is InChI=1S/C18H29N3O3S/c1-13(2)12-20-25(23,24)17-6-4-15(5-7-17)18(22)21-9-8-14(3)10-16(21)11-19/h4-7,13-14,16,20H,8-12,19H2,1-3H3. The van der Waals surface area contributed by atoms with Gasteiger partial charge in [0.15, 0.2) is 0 Å². The van der Waals surface area contributed by atoms with Crippen LogP contribution in [0.15, 0.2) is 29.2 Å². The topological polar surface area (TPSA) is 92.5 Å². The third-order valence-corrected chi connectivity index (χ3v) is 6.04. The Bertz CT molecular complexity index is 686. The number of nitrogens with one attached hydrogen (secondary N) is 1. The summed E-state index contributed by atoms with van der Waals surface area (Å²) in [6, 6.07) is 6.18. The van der Waals surface area contributed by atoms with E-state index in [0.29, 0.717) is 31.1 Å². The molecule has 1 amide bonds. The number of nitrogens with two attached hydrogens (primary N) is 1. The zero-order valence-corrected chi connectivity index (χ0v) is 16.1. The van der Waals surface area contributed by atoms with Crippen LogP contribution in [0.25, 0.3) is 0 Å². The van der Waals surface area contributed by atoms with Crippen LogP contribution in [0.2, 0.25) is 0 Å². The number of piperidine rings is 1. The van der Waals surface area contributed by atoms with Gasteiger partial charge in [-0.15, -0.1) is 0 Å². The van der Waals surface area contributed by atoms with Gasteiger partial charge in [-0.2, -0.15) is 0 Å². The van der Waals surface area contributed by atoms with Gasteiger partial charge in [0, 0.05) is 31.2 Å². The lowest BCUT2D eigenvalue weighted by atomic mass is 9.92. The largest absolute Gasteiger partial charge is 0.334 e. The van der Waals surface area contributed by atoms with Crippen molar-refractivity contribution in [2.75, 3.05) is 19.6 Å². The Labute approximate surface area is 150 Å². The van der Waals surface area contributed by atoms with Crippen LogP contribution >= 0.6 is 0 Å². The molecule has 0 radical (unpaired) electrons. The highest BCUT2D eigenvalue weighted by molar-refractivity contribution is 7.89. The van der Waals surface area contributed by atoms with Gasteiger partial charge in [0.25, 0.3) is 5.91 Å². The van der Waals surface area contributed by atoms with Gasteiger partial charge < -0.3 is 10.6 Å². The summed E-state index contributed by atoms with van der Waals surface area (Å²) < 4.78 is 27.0. The van der Waals surface area contributed by atoms with Gasteiger partial charge in [-0.05, 0) is 48.9 Å². The molecule has 2 atom stereocenters. The number of sulfonamides is 1. The van der Waals surface area contributed by atoms with E-state index in [1.54, 1.807) is 12.1 Å². The Hall–Kier alpha value is -1.44.